The predicted octanol–water partition coefficient (Wildman–Crippen LogP) is 3.26. The summed E-state index contributed by atoms with van der Waals surface area (Å²) in [5, 5.41) is 3.10. The zero-order valence-electron chi connectivity index (χ0n) is 14.6. The van der Waals surface area contributed by atoms with Crippen LogP contribution in [0.15, 0.2) is 16.4 Å². The molecule has 0 aliphatic heterocycles. The highest BCUT2D eigenvalue weighted by Crippen LogP contribution is 2.65. The number of carbonyl (C=O) groups is 2. The van der Waals surface area contributed by atoms with Crippen LogP contribution in [0.4, 0.5) is 0 Å². The summed E-state index contributed by atoms with van der Waals surface area (Å²) in [6, 6.07) is 0. The molecule has 0 heterocycles. The highest BCUT2D eigenvalue weighted by atomic mass is 16.3. The van der Waals surface area contributed by atoms with Crippen LogP contribution in [0.5, 0.6) is 0 Å². The van der Waals surface area contributed by atoms with E-state index in [4.69, 9.17) is 5.73 Å². The van der Waals surface area contributed by atoms with Gasteiger partial charge in [0.2, 0.25) is 0 Å². The summed E-state index contributed by atoms with van der Waals surface area (Å²) in [4.78, 5) is 35.9. The standard InChI is InChI=1S/C19H26N2O3/c1-17-8-6-12(22)16(21-24)11(17)5-10-19(20)13-3-4-15(23)18(13,2)9-7-14(17)19/h13-14H,3-10,20H2,1-2H3. The molecule has 0 radical (unpaired) electrons. The molecule has 0 saturated heterocycles. The van der Waals surface area contributed by atoms with Gasteiger partial charge in [0, 0.05) is 23.8 Å². The molecule has 130 valence electrons. The topological polar surface area (TPSA) is 89.6 Å². The van der Waals surface area contributed by atoms with E-state index in [9.17, 15) is 14.5 Å². The molecule has 5 unspecified atom stereocenters. The lowest BCUT2D eigenvalue weighted by atomic mass is 9.44. The number of nitroso groups, excluding NO2 is 1. The van der Waals surface area contributed by atoms with E-state index in [2.05, 4.69) is 19.0 Å². The highest BCUT2D eigenvalue weighted by molar-refractivity contribution is 5.97. The second-order valence-corrected chi connectivity index (χ2v) is 8.89. The Bertz CT molecular complexity index is 684. The van der Waals surface area contributed by atoms with Crippen molar-refractivity contribution < 1.29 is 9.59 Å². The summed E-state index contributed by atoms with van der Waals surface area (Å²) in [6.07, 6.45) is 5.85. The van der Waals surface area contributed by atoms with Gasteiger partial charge in [0.05, 0.1) is 0 Å². The summed E-state index contributed by atoms with van der Waals surface area (Å²) < 4.78 is 0. The Morgan fingerprint density at radius 3 is 2.38 bits per heavy atom. The summed E-state index contributed by atoms with van der Waals surface area (Å²) in [6.45, 7) is 4.28. The molecule has 5 atom stereocenters. The number of nitrogens with two attached hydrogens (primary N) is 1. The molecule has 4 aliphatic rings. The number of rotatable bonds is 1. The third-order valence-corrected chi connectivity index (χ3v) is 8.10. The van der Waals surface area contributed by atoms with Gasteiger partial charge in [-0.15, -0.1) is 4.91 Å². The van der Waals surface area contributed by atoms with Crippen LogP contribution in [0.2, 0.25) is 0 Å². The average Bonchev–Trinajstić information content (AvgIpc) is 2.84. The van der Waals surface area contributed by atoms with Gasteiger partial charge in [0.1, 0.15) is 5.78 Å². The minimum Gasteiger partial charge on any atom is -0.325 e. The molecule has 4 rings (SSSR count). The van der Waals surface area contributed by atoms with Crippen molar-refractivity contribution in [1.82, 2.24) is 0 Å². The van der Waals surface area contributed by atoms with Gasteiger partial charge in [-0.05, 0) is 66.5 Å². The Morgan fingerprint density at radius 1 is 0.958 bits per heavy atom. The van der Waals surface area contributed by atoms with Gasteiger partial charge < -0.3 is 5.73 Å². The number of fused-ring (bicyclic) bond motifs is 5. The molecule has 24 heavy (non-hydrogen) atoms. The fourth-order valence-corrected chi connectivity index (χ4v) is 6.78. The van der Waals surface area contributed by atoms with Crippen LogP contribution in [0, 0.1) is 27.6 Å². The Morgan fingerprint density at radius 2 is 1.67 bits per heavy atom. The Hall–Kier alpha value is -1.36. The largest absolute Gasteiger partial charge is 0.325 e. The zero-order valence-corrected chi connectivity index (χ0v) is 14.6. The molecule has 0 amide bonds. The highest BCUT2D eigenvalue weighted by Gasteiger charge is 2.65. The van der Waals surface area contributed by atoms with Crippen LogP contribution in [0.3, 0.4) is 0 Å². The smallest absolute Gasteiger partial charge is 0.184 e. The first kappa shape index (κ1) is 16.1. The fraction of sp³-hybridized carbons (Fsp3) is 0.789. The number of Topliss-reactive ketones (excluding diaryl/α,β-unsaturated/α-hetero) is 2. The van der Waals surface area contributed by atoms with Gasteiger partial charge in [-0.25, -0.2) is 0 Å². The average molecular weight is 330 g/mol. The van der Waals surface area contributed by atoms with E-state index in [1.807, 2.05) is 0 Å². The molecule has 4 aliphatic carbocycles. The lowest BCUT2D eigenvalue weighted by molar-refractivity contribution is -0.134. The lowest BCUT2D eigenvalue weighted by Gasteiger charge is -2.62. The van der Waals surface area contributed by atoms with Gasteiger partial charge in [0.25, 0.3) is 0 Å². The number of hydrogen-bond donors (Lipinski definition) is 1. The van der Waals surface area contributed by atoms with Crippen molar-refractivity contribution in [3.05, 3.63) is 16.2 Å². The van der Waals surface area contributed by atoms with Gasteiger partial charge in [0.15, 0.2) is 11.5 Å². The fourth-order valence-electron chi connectivity index (χ4n) is 6.78. The van der Waals surface area contributed by atoms with Crippen molar-refractivity contribution in [2.24, 2.45) is 33.6 Å². The van der Waals surface area contributed by atoms with E-state index >= 15 is 0 Å². The molecule has 3 fully saturated rings. The van der Waals surface area contributed by atoms with E-state index in [1.165, 1.54) is 0 Å². The molecule has 5 nitrogen and oxygen atoms in total. The van der Waals surface area contributed by atoms with E-state index in [0.29, 0.717) is 25.0 Å². The Labute approximate surface area is 142 Å². The third-order valence-electron chi connectivity index (χ3n) is 8.10. The van der Waals surface area contributed by atoms with E-state index < -0.39 is 0 Å². The zero-order chi connectivity index (χ0) is 17.3. The maximum absolute atomic E-state index is 12.5. The van der Waals surface area contributed by atoms with Crippen LogP contribution < -0.4 is 5.73 Å². The minimum absolute atomic E-state index is 0.112. The first-order valence-corrected chi connectivity index (χ1v) is 9.20. The molecule has 5 heteroatoms. The van der Waals surface area contributed by atoms with Crippen molar-refractivity contribution in [3.8, 4) is 0 Å². The molecule has 0 bridgehead atoms. The van der Waals surface area contributed by atoms with Gasteiger partial charge in [-0.2, -0.15) is 0 Å². The second kappa shape index (κ2) is 4.84. The van der Waals surface area contributed by atoms with Crippen molar-refractivity contribution >= 4 is 11.6 Å². The van der Waals surface area contributed by atoms with Gasteiger partial charge >= 0.3 is 0 Å². The predicted molar refractivity (Wildman–Crippen MR) is 89.9 cm³/mol. The van der Waals surface area contributed by atoms with E-state index in [-0.39, 0.29) is 39.7 Å². The van der Waals surface area contributed by atoms with E-state index in [0.717, 1.165) is 37.7 Å². The number of nitrogens with zero attached hydrogens (tertiary/aromatic N) is 1. The normalized spacial score (nSPS) is 48.0. The first-order chi connectivity index (χ1) is 11.3. The summed E-state index contributed by atoms with van der Waals surface area (Å²) >= 11 is 0. The molecule has 0 aromatic rings. The summed E-state index contributed by atoms with van der Waals surface area (Å²) in [5.74, 6) is 0.706. The maximum Gasteiger partial charge on any atom is 0.184 e. The van der Waals surface area contributed by atoms with Crippen LogP contribution >= 0.6 is 0 Å². The monoisotopic (exact) mass is 330 g/mol. The van der Waals surface area contributed by atoms with Crippen LogP contribution in [0.25, 0.3) is 0 Å². The van der Waals surface area contributed by atoms with Crippen LogP contribution in [-0.4, -0.2) is 17.1 Å². The SMILES string of the molecule is CC12CCC3C4(C)CCC(=O)C(N=O)=C4CCC3(N)C1CCC2=O. The van der Waals surface area contributed by atoms with Gasteiger partial charge in [-0.3, -0.25) is 9.59 Å². The number of carbonyl (C=O) groups excluding carboxylic acids is 2. The lowest BCUT2D eigenvalue weighted by Crippen LogP contribution is -2.66. The number of allylic oxidation sites excluding steroid dienone is 1. The molecule has 3 saturated carbocycles. The molecule has 0 aromatic carbocycles. The minimum atomic E-state index is -0.369. The second-order valence-electron chi connectivity index (χ2n) is 8.89. The van der Waals surface area contributed by atoms with E-state index in [1.54, 1.807) is 0 Å². The molecular weight excluding hydrogens is 304 g/mol. The molecule has 0 spiro atoms. The van der Waals surface area contributed by atoms with Crippen LogP contribution in [-0.2, 0) is 9.59 Å². The first-order valence-electron chi connectivity index (χ1n) is 9.20. The number of ketones is 2. The number of hydrogen-bond acceptors (Lipinski definition) is 5. The van der Waals surface area contributed by atoms with Crippen molar-refractivity contribution in [2.75, 3.05) is 0 Å². The van der Waals surface area contributed by atoms with Crippen LogP contribution in [0.1, 0.15) is 65.2 Å². The van der Waals surface area contributed by atoms with Gasteiger partial charge in [-0.1, -0.05) is 13.8 Å². The third kappa shape index (κ3) is 1.74. The Kier molecular flexibility index (Phi) is 3.25. The van der Waals surface area contributed by atoms with Crippen molar-refractivity contribution in [3.63, 3.8) is 0 Å². The molecular formula is C19H26N2O3. The maximum atomic E-state index is 12.5. The molecule has 0 aromatic heterocycles. The Balaban J connectivity index is 1.81. The molecule has 2 N–H and O–H groups in total. The summed E-state index contributed by atoms with van der Waals surface area (Å²) in [5.41, 5.74) is 7.28. The van der Waals surface area contributed by atoms with Crippen molar-refractivity contribution in [2.45, 2.75) is 70.8 Å². The summed E-state index contributed by atoms with van der Waals surface area (Å²) in [7, 11) is 0. The quantitative estimate of drug-likeness (QED) is 0.747. The van der Waals surface area contributed by atoms with Crippen molar-refractivity contribution in [1.29, 1.82) is 0 Å².